The maximum atomic E-state index is 12.1. The Kier molecular flexibility index (Phi) is 4.69. The quantitative estimate of drug-likeness (QED) is 0.856. The number of amides is 1. The minimum absolute atomic E-state index is 0.0706. The second-order valence-electron chi connectivity index (χ2n) is 4.30. The van der Waals surface area contributed by atoms with Gasteiger partial charge >= 0.3 is 5.97 Å². The largest absolute Gasteiger partial charge is 0.480 e. The number of aryl methyl sites for hydroxylation is 1. The number of rotatable bonds is 5. The smallest absolute Gasteiger partial charge is 0.325 e. The molecule has 0 spiro atoms. The van der Waals surface area contributed by atoms with Crippen molar-refractivity contribution in [3.05, 3.63) is 40.1 Å². The Morgan fingerprint density at radius 2 is 2.19 bits per heavy atom. The van der Waals surface area contributed by atoms with E-state index >= 15 is 0 Å². The summed E-state index contributed by atoms with van der Waals surface area (Å²) in [6, 6.07) is 5.55. The molecule has 110 valence electrons. The van der Waals surface area contributed by atoms with Gasteiger partial charge in [0.25, 0.3) is 5.91 Å². The Labute approximate surface area is 129 Å². The molecule has 0 aliphatic rings. The van der Waals surface area contributed by atoms with Crippen LogP contribution < -0.4 is 5.32 Å². The molecule has 1 heterocycles. The summed E-state index contributed by atoms with van der Waals surface area (Å²) >= 11 is 3.38. The van der Waals surface area contributed by atoms with E-state index in [1.54, 1.807) is 6.07 Å². The lowest BCUT2D eigenvalue weighted by Crippen LogP contribution is -2.14. The summed E-state index contributed by atoms with van der Waals surface area (Å²) in [5.41, 5.74) is 1.75. The van der Waals surface area contributed by atoms with Gasteiger partial charge in [-0.25, -0.2) is 4.68 Å². The number of hydrogen-bond donors (Lipinski definition) is 2. The van der Waals surface area contributed by atoms with Gasteiger partial charge in [0, 0.05) is 10.2 Å². The Morgan fingerprint density at radius 1 is 1.43 bits per heavy atom. The Bertz CT molecular complexity index is 684. The van der Waals surface area contributed by atoms with Crippen LogP contribution in [-0.4, -0.2) is 32.0 Å². The van der Waals surface area contributed by atoms with Gasteiger partial charge in [-0.05, 0) is 30.2 Å². The van der Waals surface area contributed by atoms with Crippen LogP contribution in [0.2, 0.25) is 0 Å². The van der Waals surface area contributed by atoms with Crippen molar-refractivity contribution in [1.29, 1.82) is 0 Å². The summed E-state index contributed by atoms with van der Waals surface area (Å²) in [6.45, 7) is 1.65. The highest BCUT2D eigenvalue weighted by molar-refractivity contribution is 9.10. The van der Waals surface area contributed by atoms with E-state index in [-0.39, 0.29) is 12.2 Å². The first-order chi connectivity index (χ1) is 9.99. The number of nitrogens with one attached hydrogen (secondary N) is 1. The fourth-order valence-electron chi connectivity index (χ4n) is 1.78. The van der Waals surface area contributed by atoms with Gasteiger partial charge < -0.3 is 10.4 Å². The molecule has 21 heavy (non-hydrogen) atoms. The number of halogens is 1. The highest BCUT2D eigenvalue weighted by Crippen LogP contribution is 2.22. The second kappa shape index (κ2) is 6.49. The first kappa shape index (κ1) is 15.2. The zero-order valence-electron chi connectivity index (χ0n) is 11.2. The molecule has 0 aliphatic carbocycles. The van der Waals surface area contributed by atoms with Gasteiger partial charge in [-0.1, -0.05) is 28.1 Å². The zero-order chi connectivity index (χ0) is 15.4. The lowest BCUT2D eigenvalue weighted by atomic mass is 10.1. The third-order valence-electron chi connectivity index (χ3n) is 2.76. The van der Waals surface area contributed by atoms with E-state index in [4.69, 9.17) is 5.11 Å². The van der Waals surface area contributed by atoms with Gasteiger partial charge in [-0.2, -0.15) is 0 Å². The molecule has 0 saturated carbocycles. The molecule has 0 bridgehead atoms. The Balaban J connectivity index is 2.14. The predicted molar refractivity (Wildman–Crippen MR) is 79.1 cm³/mol. The topological polar surface area (TPSA) is 97.1 Å². The van der Waals surface area contributed by atoms with E-state index in [9.17, 15) is 9.59 Å². The molecule has 0 atom stereocenters. The zero-order valence-corrected chi connectivity index (χ0v) is 12.8. The summed E-state index contributed by atoms with van der Waals surface area (Å²) in [4.78, 5) is 22.6. The van der Waals surface area contributed by atoms with Gasteiger partial charge in [0.1, 0.15) is 6.54 Å². The lowest BCUT2D eigenvalue weighted by molar-refractivity contribution is -0.137. The monoisotopic (exact) mass is 352 g/mol. The molecule has 0 aliphatic heterocycles. The van der Waals surface area contributed by atoms with Crippen LogP contribution in [0.3, 0.4) is 0 Å². The summed E-state index contributed by atoms with van der Waals surface area (Å²) in [7, 11) is 0. The fraction of sp³-hybridized carbons (Fsp3) is 0.231. The number of carbonyl (C=O) groups is 2. The van der Waals surface area contributed by atoms with Crippen LogP contribution in [0.25, 0.3) is 0 Å². The molecule has 0 fully saturated rings. The maximum Gasteiger partial charge on any atom is 0.325 e. The van der Waals surface area contributed by atoms with E-state index in [2.05, 4.69) is 31.6 Å². The Morgan fingerprint density at radius 3 is 2.86 bits per heavy atom. The van der Waals surface area contributed by atoms with Crippen molar-refractivity contribution in [3.63, 3.8) is 0 Å². The van der Waals surface area contributed by atoms with Crippen molar-refractivity contribution < 1.29 is 14.7 Å². The number of benzene rings is 1. The summed E-state index contributed by atoms with van der Waals surface area (Å²) in [5.74, 6) is -1.48. The summed E-state index contributed by atoms with van der Waals surface area (Å²) in [5, 5.41) is 18.7. The van der Waals surface area contributed by atoms with Gasteiger partial charge in [0.15, 0.2) is 5.69 Å². The maximum absolute atomic E-state index is 12.1. The number of aromatic nitrogens is 3. The molecule has 2 aromatic rings. The number of carboxylic acid groups (broad SMARTS) is 1. The molecule has 2 N–H and O–H groups in total. The average molecular weight is 353 g/mol. The highest BCUT2D eigenvalue weighted by Gasteiger charge is 2.13. The van der Waals surface area contributed by atoms with Crippen molar-refractivity contribution in [2.75, 3.05) is 5.32 Å². The van der Waals surface area contributed by atoms with E-state index in [0.717, 1.165) is 21.1 Å². The minimum atomic E-state index is -1.05. The summed E-state index contributed by atoms with van der Waals surface area (Å²) < 4.78 is 2.03. The second-order valence-corrected chi connectivity index (χ2v) is 5.22. The standard InChI is InChI=1S/C13H13BrN4O3/c1-2-8-5-9(14)3-4-10(8)15-13(21)11-6-18(17-16-11)7-12(19)20/h3-6H,2,7H2,1H3,(H,15,21)(H,19,20). The van der Waals surface area contributed by atoms with Crippen LogP contribution in [0.15, 0.2) is 28.9 Å². The van der Waals surface area contributed by atoms with E-state index in [1.807, 2.05) is 19.1 Å². The number of hydrogen-bond acceptors (Lipinski definition) is 4. The van der Waals surface area contributed by atoms with Crippen LogP contribution in [0.5, 0.6) is 0 Å². The normalized spacial score (nSPS) is 10.4. The van der Waals surface area contributed by atoms with Crippen molar-refractivity contribution in [2.45, 2.75) is 19.9 Å². The number of carbonyl (C=O) groups excluding carboxylic acids is 1. The number of nitrogens with zero attached hydrogens (tertiary/aromatic N) is 3. The SMILES string of the molecule is CCc1cc(Br)ccc1NC(=O)c1cn(CC(=O)O)nn1. The van der Waals surface area contributed by atoms with Crippen molar-refractivity contribution >= 4 is 33.5 Å². The lowest BCUT2D eigenvalue weighted by Gasteiger charge is -2.09. The van der Waals surface area contributed by atoms with Crippen LogP contribution in [0, 0.1) is 0 Å². The molecule has 2 rings (SSSR count). The van der Waals surface area contributed by atoms with Crippen molar-refractivity contribution in [3.8, 4) is 0 Å². The summed E-state index contributed by atoms with van der Waals surface area (Å²) in [6.07, 6.45) is 2.06. The van der Waals surface area contributed by atoms with E-state index in [0.29, 0.717) is 5.69 Å². The minimum Gasteiger partial charge on any atom is -0.480 e. The van der Waals surface area contributed by atoms with Gasteiger partial charge in [-0.15, -0.1) is 5.10 Å². The van der Waals surface area contributed by atoms with E-state index in [1.165, 1.54) is 6.20 Å². The third-order valence-corrected chi connectivity index (χ3v) is 3.26. The molecule has 1 aromatic carbocycles. The van der Waals surface area contributed by atoms with Crippen LogP contribution >= 0.6 is 15.9 Å². The molecule has 7 nitrogen and oxygen atoms in total. The molecular formula is C13H13BrN4O3. The van der Waals surface area contributed by atoms with Crippen LogP contribution in [0.1, 0.15) is 23.0 Å². The van der Waals surface area contributed by atoms with E-state index < -0.39 is 11.9 Å². The number of anilines is 1. The van der Waals surface area contributed by atoms with Crippen LogP contribution in [-0.2, 0) is 17.8 Å². The molecular weight excluding hydrogens is 340 g/mol. The number of carboxylic acids is 1. The fourth-order valence-corrected chi connectivity index (χ4v) is 2.19. The van der Waals surface area contributed by atoms with Gasteiger partial charge in [-0.3, -0.25) is 9.59 Å². The molecule has 0 radical (unpaired) electrons. The number of aliphatic carboxylic acids is 1. The molecule has 1 aromatic heterocycles. The van der Waals surface area contributed by atoms with Crippen LogP contribution in [0.4, 0.5) is 5.69 Å². The van der Waals surface area contributed by atoms with Crippen molar-refractivity contribution in [1.82, 2.24) is 15.0 Å². The average Bonchev–Trinajstić information content (AvgIpc) is 2.88. The van der Waals surface area contributed by atoms with Gasteiger partial charge in [0.2, 0.25) is 0 Å². The first-order valence-electron chi connectivity index (χ1n) is 6.21. The molecule has 0 saturated heterocycles. The first-order valence-corrected chi connectivity index (χ1v) is 7.00. The Hall–Kier alpha value is -2.22. The van der Waals surface area contributed by atoms with Crippen molar-refractivity contribution in [2.24, 2.45) is 0 Å². The molecule has 1 amide bonds. The predicted octanol–water partition coefficient (Wildman–Crippen LogP) is 1.94. The van der Waals surface area contributed by atoms with Gasteiger partial charge in [0.05, 0.1) is 6.20 Å². The highest BCUT2D eigenvalue weighted by atomic mass is 79.9. The molecule has 0 unspecified atom stereocenters. The third kappa shape index (κ3) is 3.88. The molecule has 8 heteroatoms.